The fourth-order valence-corrected chi connectivity index (χ4v) is 12.6. The summed E-state index contributed by atoms with van der Waals surface area (Å²) in [6.45, 7) is 28.0. The number of hydrogen-bond acceptors (Lipinski definition) is 8. The van der Waals surface area contributed by atoms with Crippen molar-refractivity contribution in [2.24, 2.45) is 62.1 Å². The van der Waals surface area contributed by atoms with Crippen molar-refractivity contribution in [3.05, 3.63) is 11.6 Å². The van der Waals surface area contributed by atoms with Crippen LogP contribution in [0.15, 0.2) is 11.6 Å². The minimum atomic E-state index is -0.632. The molecule has 10 heteroatoms. The zero-order valence-electron chi connectivity index (χ0n) is 33.0. The molecule has 282 valence electrons. The van der Waals surface area contributed by atoms with Crippen molar-refractivity contribution in [1.29, 1.82) is 0 Å². The molecule has 0 unspecified atom stereocenters. The Morgan fingerprint density at radius 3 is 2.46 bits per heavy atom. The van der Waals surface area contributed by atoms with Gasteiger partial charge in [0, 0.05) is 11.5 Å². The normalized spacial score (nSPS) is 42.6. The van der Waals surface area contributed by atoms with E-state index in [1.165, 1.54) is 5.57 Å². The average molecular weight is 697 g/mol. The number of nitrogens with zero attached hydrogens (tertiary/aromatic N) is 4. The second-order valence-corrected chi connectivity index (χ2v) is 19.7. The van der Waals surface area contributed by atoms with Gasteiger partial charge in [0.15, 0.2) is 0 Å². The third kappa shape index (κ3) is 5.50. The second-order valence-electron chi connectivity index (χ2n) is 19.7. The van der Waals surface area contributed by atoms with Crippen molar-refractivity contribution in [1.82, 2.24) is 25.5 Å². The third-order valence-corrected chi connectivity index (χ3v) is 15.9. The predicted octanol–water partition coefficient (Wildman–Crippen LogP) is 7.18. The van der Waals surface area contributed by atoms with E-state index in [-0.39, 0.29) is 57.1 Å². The third-order valence-electron chi connectivity index (χ3n) is 15.9. The van der Waals surface area contributed by atoms with Crippen molar-refractivity contribution < 1.29 is 19.4 Å². The molecular formula is C40H68N6O4. The van der Waals surface area contributed by atoms with Crippen molar-refractivity contribution in [3.63, 3.8) is 0 Å². The molecule has 10 nitrogen and oxygen atoms in total. The van der Waals surface area contributed by atoms with Gasteiger partial charge in [-0.2, -0.15) is 4.80 Å². The number of aromatic nitrogens is 4. The Morgan fingerprint density at radius 1 is 1.14 bits per heavy atom. The maximum atomic E-state index is 13.6. The standard InChI is InChI=1S/C40H68N6O4/c1-12-19-42-30(35(5,6)7)21-50-32-28(46-44-34(41)43-45-46)20-36(8)22-49-23-40(32)27-15-16-39(11)31(33(47)48)37(9,25(4)24(2)3)17-18-38(39,10)26(27)13-14-29(36)40/h15,24-26,28-32,42H,12-14,16-23H2,1-11H3,(H2,41,44)(H,47,48)/t25-,26+,28-,29-,30-,31-,32+,36-,37-,38-,39+,40+/m1/s1. The van der Waals surface area contributed by atoms with Crippen LogP contribution < -0.4 is 11.1 Å². The fraction of sp³-hybridized carbons (Fsp3) is 0.900. The number of aliphatic carboxylic acids is 1. The molecule has 2 heterocycles. The van der Waals surface area contributed by atoms with Crippen LogP contribution in [-0.2, 0) is 14.3 Å². The summed E-state index contributed by atoms with van der Waals surface area (Å²) in [5.74, 6) is 0.423. The molecule has 4 fully saturated rings. The van der Waals surface area contributed by atoms with Crippen LogP contribution >= 0.6 is 0 Å². The van der Waals surface area contributed by atoms with E-state index in [1.54, 1.807) is 4.80 Å². The summed E-state index contributed by atoms with van der Waals surface area (Å²) in [6, 6.07) is -0.00816. The van der Waals surface area contributed by atoms with Gasteiger partial charge in [0.1, 0.15) is 6.04 Å². The van der Waals surface area contributed by atoms with Crippen LogP contribution in [0.25, 0.3) is 0 Å². The van der Waals surface area contributed by atoms with Gasteiger partial charge in [-0.15, -0.1) is 5.10 Å². The molecule has 3 saturated carbocycles. The number of tetrazole rings is 1. The first-order valence-corrected chi connectivity index (χ1v) is 19.7. The summed E-state index contributed by atoms with van der Waals surface area (Å²) < 4.78 is 14.1. The van der Waals surface area contributed by atoms with Gasteiger partial charge in [-0.1, -0.05) is 92.9 Å². The lowest BCUT2D eigenvalue weighted by Crippen LogP contribution is -2.70. The molecule has 1 aromatic heterocycles. The van der Waals surface area contributed by atoms with E-state index in [1.807, 2.05) is 0 Å². The Kier molecular flexibility index (Phi) is 9.67. The highest BCUT2D eigenvalue weighted by atomic mass is 16.5. The molecule has 50 heavy (non-hydrogen) atoms. The number of nitrogens with two attached hydrogens (primary N) is 1. The van der Waals surface area contributed by atoms with Gasteiger partial charge in [0.25, 0.3) is 5.95 Å². The van der Waals surface area contributed by atoms with Crippen LogP contribution in [-0.4, -0.2) is 69.8 Å². The Bertz CT molecular complexity index is 1450. The van der Waals surface area contributed by atoms with Gasteiger partial charge in [0.05, 0.1) is 31.8 Å². The number of ether oxygens (including phenoxy) is 2. The Morgan fingerprint density at radius 2 is 1.86 bits per heavy atom. The number of nitrogen functional groups attached to an aromatic ring is 1. The number of fused-ring (bicyclic) bond motifs is 3. The van der Waals surface area contributed by atoms with E-state index in [0.29, 0.717) is 37.6 Å². The maximum Gasteiger partial charge on any atom is 0.307 e. The Balaban J connectivity index is 1.49. The van der Waals surface area contributed by atoms with Crippen molar-refractivity contribution in [3.8, 4) is 0 Å². The highest BCUT2D eigenvalue weighted by Crippen LogP contribution is 2.75. The summed E-state index contributed by atoms with van der Waals surface area (Å²) in [4.78, 5) is 15.3. The van der Waals surface area contributed by atoms with Crippen LogP contribution in [0.5, 0.6) is 0 Å². The average Bonchev–Trinajstić information content (AvgIpc) is 3.46. The summed E-state index contributed by atoms with van der Waals surface area (Å²) in [5, 5.41) is 28.2. The van der Waals surface area contributed by atoms with Gasteiger partial charge in [-0.3, -0.25) is 4.79 Å². The molecule has 6 rings (SSSR count). The zero-order valence-corrected chi connectivity index (χ0v) is 33.0. The lowest BCUT2D eigenvalue weighted by atomic mass is 9.34. The number of carboxylic acid groups (broad SMARTS) is 1. The van der Waals surface area contributed by atoms with Crippen molar-refractivity contribution in [2.45, 2.75) is 139 Å². The van der Waals surface area contributed by atoms with Crippen LogP contribution in [0.1, 0.15) is 127 Å². The van der Waals surface area contributed by atoms with E-state index in [4.69, 9.17) is 15.2 Å². The molecule has 1 aliphatic heterocycles. The number of nitrogens with one attached hydrogen (secondary N) is 1. The number of allylic oxidation sites excluding steroid dienone is 1. The fourth-order valence-electron chi connectivity index (χ4n) is 12.6. The largest absolute Gasteiger partial charge is 0.481 e. The first-order chi connectivity index (χ1) is 23.3. The van der Waals surface area contributed by atoms with E-state index in [0.717, 1.165) is 51.5 Å². The van der Waals surface area contributed by atoms with E-state index in [2.05, 4.69) is 103 Å². The molecular weight excluding hydrogens is 628 g/mol. The minimum Gasteiger partial charge on any atom is -0.481 e. The maximum absolute atomic E-state index is 13.6. The number of carboxylic acids is 1. The highest BCUT2D eigenvalue weighted by molar-refractivity contribution is 5.73. The van der Waals surface area contributed by atoms with Crippen LogP contribution in [0, 0.1) is 62.1 Å². The van der Waals surface area contributed by atoms with Crippen LogP contribution in [0.4, 0.5) is 5.95 Å². The Labute approximate surface area is 301 Å². The zero-order chi connectivity index (χ0) is 36.7. The molecule has 0 radical (unpaired) electrons. The summed E-state index contributed by atoms with van der Waals surface area (Å²) in [6.07, 6.45) is 8.93. The van der Waals surface area contributed by atoms with Crippen molar-refractivity contribution >= 4 is 11.9 Å². The molecule has 0 aromatic carbocycles. The molecule has 4 N–H and O–H groups in total. The molecule has 12 atom stereocenters. The molecule has 2 bridgehead atoms. The lowest BCUT2D eigenvalue weighted by Gasteiger charge is -2.71. The number of carbonyl (C=O) groups is 1. The summed E-state index contributed by atoms with van der Waals surface area (Å²) >= 11 is 0. The quantitative estimate of drug-likeness (QED) is 0.217. The van der Waals surface area contributed by atoms with E-state index < -0.39 is 17.3 Å². The number of rotatable bonds is 10. The first-order valence-electron chi connectivity index (χ1n) is 19.7. The highest BCUT2D eigenvalue weighted by Gasteiger charge is 2.72. The SMILES string of the molecule is CCCN[C@H](CO[C@H]1[C@H](n2nnc(N)n2)C[C@]2(C)COC[C@@]13C1=CC[C@@]4(C)[C@H](C(=O)O)[C@@](C)([C@H](C)C(C)C)CC[C@]4(C)[C@H]1CC[C@H]23)C(C)(C)C. The monoisotopic (exact) mass is 697 g/mol. The first kappa shape index (κ1) is 37.7. The van der Waals surface area contributed by atoms with Crippen LogP contribution in [0.2, 0.25) is 0 Å². The smallest absolute Gasteiger partial charge is 0.307 e. The predicted molar refractivity (Wildman–Crippen MR) is 196 cm³/mol. The van der Waals surface area contributed by atoms with Crippen molar-refractivity contribution in [2.75, 3.05) is 32.1 Å². The molecule has 1 aromatic rings. The minimum absolute atomic E-state index is 0.00781. The van der Waals surface area contributed by atoms with Gasteiger partial charge in [-0.05, 0) is 107 Å². The Hall–Kier alpha value is -2.04. The molecule has 0 amide bonds. The summed E-state index contributed by atoms with van der Waals surface area (Å²) in [5.41, 5.74) is 6.19. The molecule has 4 aliphatic carbocycles. The van der Waals surface area contributed by atoms with Gasteiger partial charge < -0.3 is 25.6 Å². The van der Waals surface area contributed by atoms with E-state index >= 15 is 0 Å². The number of anilines is 1. The molecule has 0 spiro atoms. The van der Waals surface area contributed by atoms with Gasteiger partial charge in [0.2, 0.25) is 0 Å². The summed E-state index contributed by atoms with van der Waals surface area (Å²) in [7, 11) is 0. The molecule has 1 saturated heterocycles. The van der Waals surface area contributed by atoms with Crippen LogP contribution in [0.3, 0.4) is 0 Å². The lowest BCUT2D eigenvalue weighted by molar-refractivity contribution is -0.254. The topological polar surface area (TPSA) is 137 Å². The van der Waals surface area contributed by atoms with Gasteiger partial charge >= 0.3 is 5.97 Å². The van der Waals surface area contributed by atoms with E-state index in [9.17, 15) is 9.90 Å². The van der Waals surface area contributed by atoms with Gasteiger partial charge in [-0.25, -0.2) is 0 Å². The molecule has 5 aliphatic rings. The number of hydrogen-bond donors (Lipinski definition) is 3. The second kappa shape index (κ2) is 12.8.